The number of nitrogens with one attached hydrogen (secondary N) is 3. The molecule has 0 aliphatic carbocycles. The number of amides is 3. The van der Waals surface area contributed by atoms with Crippen molar-refractivity contribution in [3.8, 4) is 0 Å². The number of rotatable bonds is 5. The topological polar surface area (TPSA) is 87.3 Å². The van der Waals surface area contributed by atoms with E-state index >= 15 is 0 Å². The summed E-state index contributed by atoms with van der Waals surface area (Å²) in [6, 6.07) is 0. The van der Waals surface area contributed by atoms with Gasteiger partial charge in [0, 0.05) is 12.2 Å². The fourth-order valence-corrected chi connectivity index (χ4v) is 1.04. The number of carbonyl (C=O) groups is 3. The first-order valence-corrected chi connectivity index (χ1v) is 6.41. The van der Waals surface area contributed by atoms with Crippen molar-refractivity contribution in [2.45, 2.75) is 20.3 Å². The Bertz CT molecular complexity index is 257. The fraction of sp³-hybridized carbons (Fsp3) is 0.571. The van der Waals surface area contributed by atoms with E-state index in [1.807, 2.05) is 6.92 Å². The van der Waals surface area contributed by atoms with Crippen LogP contribution in [0.25, 0.3) is 0 Å². The molecule has 0 heterocycles. The van der Waals surface area contributed by atoms with E-state index in [2.05, 4.69) is 14.2 Å². The minimum Gasteiger partial charge on any atom is -0.310 e. The smallest absolute Gasteiger partial charge is 0.230 e. The van der Waals surface area contributed by atoms with E-state index in [-0.39, 0.29) is 5.91 Å². The first-order chi connectivity index (χ1) is 7.93. The van der Waals surface area contributed by atoms with Crippen LogP contribution in [-0.2, 0) is 4.79 Å². The van der Waals surface area contributed by atoms with E-state index in [1.54, 1.807) is 6.92 Å². The Balaban J connectivity index is 0. The van der Waals surface area contributed by atoms with E-state index in [0.717, 1.165) is 17.9 Å². The Morgan fingerprint density at radius 1 is 1.00 bits per heavy atom. The van der Waals surface area contributed by atoms with Crippen LogP contribution < -0.4 is 14.2 Å². The summed E-state index contributed by atoms with van der Waals surface area (Å²) in [5, 5.41) is 0. The summed E-state index contributed by atoms with van der Waals surface area (Å²) in [5.41, 5.74) is 0. The first kappa shape index (κ1) is 18.6. The third-order valence-electron chi connectivity index (χ3n) is 0.955. The molecule has 0 aliphatic rings. The largest absolute Gasteiger partial charge is 0.310 e. The van der Waals surface area contributed by atoms with Gasteiger partial charge in [-0.15, -0.1) is 0 Å². The molecule has 0 fully saturated rings. The minimum absolute atomic E-state index is 0.154. The molecule has 0 rings (SSSR count). The Hall–Kier alpha value is -0.760. The maximum Gasteiger partial charge on any atom is 0.230 e. The molecule has 0 atom stereocenters. The minimum atomic E-state index is -0.679. The van der Waals surface area contributed by atoms with Crippen LogP contribution in [0.3, 0.4) is 0 Å². The highest BCUT2D eigenvalue weighted by Crippen LogP contribution is 1.87. The molecule has 6 nitrogen and oxygen atoms in total. The van der Waals surface area contributed by atoms with Crippen LogP contribution in [0.4, 0.5) is 9.59 Å². The van der Waals surface area contributed by atoms with Gasteiger partial charge in [-0.2, -0.15) is 0 Å². The molecule has 0 saturated carbocycles. The molecule has 0 spiro atoms. The number of hydrogen-bond acceptors (Lipinski definition) is 5. The Labute approximate surface area is 112 Å². The predicted octanol–water partition coefficient (Wildman–Crippen LogP) is 0.487. The van der Waals surface area contributed by atoms with E-state index in [4.69, 9.17) is 15.7 Å². The summed E-state index contributed by atoms with van der Waals surface area (Å²) in [6.45, 7) is 3.64. The lowest BCUT2D eigenvalue weighted by molar-refractivity contribution is -0.118. The van der Waals surface area contributed by atoms with Gasteiger partial charge in [0.2, 0.25) is 21.6 Å². The molecule has 0 unspecified atom stereocenters. The van der Waals surface area contributed by atoms with Crippen LogP contribution in [-0.4, -0.2) is 39.0 Å². The first-order valence-electron chi connectivity index (χ1n) is 4.61. The van der Waals surface area contributed by atoms with E-state index in [1.165, 1.54) is 11.9 Å². The van der Waals surface area contributed by atoms with Crippen molar-refractivity contribution in [1.82, 2.24) is 14.2 Å². The van der Waals surface area contributed by atoms with Gasteiger partial charge >= 0.3 is 0 Å². The summed E-state index contributed by atoms with van der Waals surface area (Å²) < 4.78 is 6.81. The molecule has 17 heavy (non-hydrogen) atoms. The summed E-state index contributed by atoms with van der Waals surface area (Å²) in [7, 11) is 9.41. The van der Waals surface area contributed by atoms with Crippen molar-refractivity contribution < 1.29 is 14.4 Å². The maximum absolute atomic E-state index is 10.5. The standard InChI is InChI=1S/C4H7BN2O2S.C3H6BNOS/c1-2-3(8)6-10-7-4(5)9;1-2-7-5-3(4)6/h2H2,1H3,(H,6,8)(H,7,9);2H2,1H3,(H,5,6). The van der Waals surface area contributed by atoms with Crippen molar-refractivity contribution >= 4 is 57.3 Å². The third-order valence-corrected chi connectivity index (χ3v) is 2.22. The molecule has 4 radical (unpaired) electrons. The molecule has 0 aromatic rings. The zero-order valence-corrected chi connectivity index (χ0v) is 11.2. The molecular formula is C7H13B2N3O3S2. The van der Waals surface area contributed by atoms with Crippen molar-refractivity contribution in [3.63, 3.8) is 0 Å². The van der Waals surface area contributed by atoms with Crippen LogP contribution in [0.1, 0.15) is 20.3 Å². The van der Waals surface area contributed by atoms with Gasteiger partial charge in [-0.25, -0.2) is 0 Å². The molecule has 3 amide bonds. The van der Waals surface area contributed by atoms with Gasteiger partial charge in [0.15, 0.2) is 11.6 Å². The monoisotopic (exact) mass is 273 g/mol. The molecular weight excluding hydrogens is 260 g/mol. The molecule has 0 bridgehead atoms. The van der Waals surface area contributed by atoms with E-state index < -0.39 is 11.6 Å². The molecule has 10 heteroatoms. The highest BCUT2D eigenvalue weighted by Gasteiger charge is 1.95. The SMILES string of the molecule is [B]C(=O)NSCC.[B]C(=O)NSNC(=O)CC. The second kappa shape index (κ2) is 13.3. The molecule has 0 aromatic carbocycles. The Kier molecular flexibility index (Phi) is 14.6. The summed E-state index contributed by atoms with van der Waals surface area (Å²) in [5.74, 6) is -0.463. The zero-order valence-electron chi connectivity index (χ0n) is 9.61. The average molecular weight is 273 g/mol. The lowest BCUT2D eigenvalue weighted by Gasteiger charge is -2.00. The molecule has 92 valence electrons. The van der Waals surface area contributed by atoms with Gasteiger partial charge in [0.25, 0.3) is 0 Å². The van der Waals surface area contributed by atoms with Crippen LogP contribution in [0.5, 0.6) is 0 Å². The maximum atomic E-state index is 10.5. The lowest BCUT2D eigenvalue weighted by atomic mass is 10.2. The van der Waals surface area contributed by atoms with Crippen LogP contribution in [0, 0.1) is 0 Å². The van der Waals surface area contributed by atoms with Crippen LogP contribution in [0.2, 0.25) is 0 Å². The van der Waals surface area contributed by atoms with Crippen LogP contribution in [0.15, 0.2) is 0 Å². The Morgan fingerprint density at radius 3 is 1.82 bits per heavy atom. The highest BCUT2D eigenvalue weighted by atomic mass is 32.2. The van der Waals surface area contributed by atoms with Gasteiger partial charge in [-0.05, 0) is 0 Å². The van der Waals surface area contributed by atoms with Gasteiger partial charge in [0.1, 0.15) is 0 Å². The van der Waals surface area contributed by atoms with Gasteiger partial charge in [-0.1, -0.05) is 25.8 Å². The van der Waals surface area contributed by atoms with E-state index in [9.17, 15) is 14.4 Å². The summed E-state index contributed by atoms with van der Waals surface area (Å²) in [6.07, 6.45) is 0.382. The predicted molar refractivity (Wildman–Crippen MR) is 72.7 cm³/mol. The summed E-state index contributed by atoms with van der Waals surface area (Å²) in [4.78, 5) is 30.3. The second-order valence-electron chi connectivity index (χ2n) is 2.35. The van der Waals surface area contributed by atoms with Crippen LogP contribution >= 0.6 is 24.1 Å². The van der Waals surface area contributed by atoms with Gasteiger partial charge in [-0.3, -0.25) is 23.8 Å². The quantitative estimate of drug-likeness (QED) is 0.501. The van der Waals surface area contributed by atoms with Gasteiger partial charge < -0.3 is 4.72 Å². The Morgan fingerprint density at radius 2 is 1.53 bits per heavy atom. The van der Waals surface area contributed by atoms with Crippen molar-refractivity contribution in [2.75, 3.05) is 5.75 Å². The number of hydrogen-bond donors (Lipinski definition) is 3. The molecule has 0 saturated heterocycles. The second-order valence-corrected chi connectivity index (χ2v) is 4.03. The third kappa shape index (κ3) is 21.1. The fourth-order valence-electron chi connectivity index (χ4n) is 0.348. The van der Waals surface area contributed by atoms with Gasteiger partial charge in [0.05, 0.1) is 12.1 Å². The molecule has 3 N–H and O–H groups in total. The lowest BCUT2D eigenvalue weighted by Crippen LogP contribution is -2.23. The normalized spacial score (nSPS) is 8.35. The average Bonchev–Trinajstić information content (AvgIpc) is 2.26. The number of carbonyl (C=O) groups excluding carboxylic acids is 3. The zero-order chi connectivity index (χ0) is 13.7. The highest BCUT2D eigenvalue weighted by molar-refractivity contribution is 7.98. The van der Waals surface area contributed by atoms with E-state index in [0.29, 0.717) is 6.42 Å². The van der Waals surface area contributed by atoms with Crippen molar-refractivity contribution in [3.05, 3.63) is 0 Å². The molecule has 0 aliphatic heterocycles. The summed E-state index contributed by atoms with van der Waals surface area (Å²) >= 11 is 2.06. The molecule has 0 aromatic heterocycles. The van der Waals surface area contributed by atoms with Crippen molar-refractivity contribution in [2.24, 2.45) is 0 Å². The van der Waals surface area contributed by atoms with Crippen molar-refractivity contribution in [1.29, 1.82) is 0 Å².